The van der Waals surface area contributed by atoms with Crippen molar-refractivity contribution in [3.63, 3.8) is 0 Å². The average molecular weight is 231 g/mol. The lowest BCUT2D eigenvalue weighted by Gasteiger charge is -1.99. The van der Waals surface area contributed by atoms with Gasteiger partial charge in [0.05, 0.1) is 5.71 Å². The molecule has 0 atom stereocenters. The molecular formula is C15H21NO. The average Bonchev–Trinajstić information content (AvgIpc) is 2.39. The van der Waals surface area contributed by atoms with Crippen molar-refractivity contribution < 1.29 is 5.21 Å². The first-order chi connectivity index (χ1) is 8.36. The van der Waals surface area contributed by atoms with Crippen LogP contribution in [0.2, 0.25) is 0 Å². The number of benzene rings is 1. The lowest BCUT2D eigenvalue weighted by molar-refractivity contribution is 0.318. The molecule has 0 spiro atoms. The number of unbranched alkanes of at least 4 members (excludes halogenated alkanes) is 3. The molecule has 0 radical (unpaired) electrons. The van der Waals surface area contributed by atoms with Gasteiger partial charge in [-0.2, -0.15) is 0 Å². The molecule has 0 aromatic heterocycles. The zero-order valence-electron chi connectivity index (χ0n) is 10.5. The first-order valence-electron chi connectivity index (χ1n) is 6.31. The van der Waals surface area contributed by atoms with Crippen molar-refractivity contribution >= 4 is 11.8 Å². The second kappa shape index (κ2) is 8.57. The van der Waals surface area contributed by atoms with E-state index in [1.807, 2.05) is 42.5 Å². The zero-order valence-corrected chi connectivity index (χ0v) is 10.5. The van der Waals surface area contributed by atoms with E-state index in [2.05, 4.69) is 12.1 Å². The topological polar surface area (TPSA) is 32.6 Å². The first kappa shape index (κ1) is 13.5. The third-order valence-corrected chi connectivity index (χ3v) is 2.68. The van der Waals surface area contributed by atoms with E-state index >= 15 is 0 Å². The van der Waals surface area contributed by atoms with Gasteiger partial charge in [0.25, 0.3) is 0 Å². The van der Waals surface area contributed by atoms with E-state index in [0.29, 0.717) is 0 Å². The van der Waals surface area contributed by atoms with Crippen LogP contribution in [0.1, 0.15) is 44.6 Å². The zero-order chi connectivity index (χ0) is 12.3. The summed E-state index contributed by atoms with van der Waals surface area (Å²) in [5.41, 5.74) is 1.88. The molecule has 2 nitrogen and oxygen atoms in total. The van der Waals surface area contributed by atoms with Gasteiger partial charge < -0.3 is 5.21 Å². The predicted molar refractivity (Wildman–Crippen MR) is 73.5 cm³/mol. The molecule has 0 unspecified atom stereocenters. The summed E-state index contributed by atoms with van der Waals surface area (Å²) >= 11 is 0. The van der Waals surface area contributed by atoms with E-state index in [4.69, 9.17) is 5.21 Å². The minimum absolute atomic E-state index is 0.755. The fraction of sp³-hybridized carbons (Fsp3) is 0.400. The molecule has 0 saturated carbocycles. The standard InChI is InChI=1S/C15H21NO/c1-2-3-4-8-11-15(16-17)13-12-14-9-6-5-7-10-14/h5-7,9-10,12-13,17H,2-4,8,11H2,1H3/b13-12-,16-15+. The summed E-state index contributed by atoms with van der Waals surface area (Å²) < 4.78 is 0. The van der Waals surface area contributed by atoms with Crippen molar-refractivity contribution in [2.24, 2.45) is 5.16 Å². The Balaban J connectivity index is 2.39. The van der Waals surface area contributed by atoms with Gasteiger partial charge in [0.1, 0.15) is 0 Å². The van der Waals surface area contributed by atoms with Gasteiger partial charge in [0.15, 0.2) is 0 Å². The third kappa shape index (κ3) is 5.91. The highest BCUT2D eigenvalue weighted by atomic mass is 16.4. The van der Waals surface area contributed by atoms with Gasteiger partial charge in [-0.25, -0.2) is 0 Å². The molecule has 17 heavy (non-hydrogen) atoms. The summed E-state index contributed by atoms with van der Waals surface area (Å²) in [4.78, 5) is 0. The minimum Gasteiger partial charge on any atom is -0.411 e. The van der Waals surface area contributed by atoms with E-state index in [9.17, 15) is 0 Å². The number of rotatable bonds is 7. The highest BCUT2D eigenvalue weighted by Gasteiger charge is 1.95. The fourth-order valence-corrected chi connectivity index (χ4v) is 1.66. The Morgan fingerprint density at radius 3 is 2.59 bits per heavy atom. The Morgan fingerprint density at radius 1 is 1.18 bits per heavy atom. The van der Waals surface area contributed by atoms with Gasteiger partial charge >= 0.3 is 0 Å². The highest BCUT2D eigenvalue weighted by molar-refractivity contribution is 5.97. The van der Waals surface area contributed by atoms with Crippen LogP contribution in [0.15, 0.2) is 41.6 Å². The van der Waals surface area contributed by atoms with Crippen molar-refractivity contribution in [2.45, 2.75) is 39.0 Å². The Kier molecular flexibility index (Phi) is 6.80. The van der Waals surface area contributed by atoms with Gasteiger partial charge in [0, 0.05) is 0 Å². The summed E-state index contributed by atoms with van der Waals surface area (Å²) in [6, 6.07) is 10.0. The molecular weight excluding hydrogens is 210 g/mol. The maximum atomic E-state index is 8.90. The molecule has 0 saturated heterocycles. The predicted octanol–water partition coefficient (Wildman–Crippen LogP) is 4.50. The first-order valence-corrected chi connectivity index (χ1v) is 6.31. The molecule has 0 aliphatic heterocycles. The van der Waals surface area contributed by atoms with Crippen molar-refractivity contribution in [3.05, 3.63) is 42.0 Å². The summed E-state index contributed by atoms with van der Waals surface area (Å²) in [6.07, 6.45) is 9.49. The Bertz CT molecular complexity index is 354. The number of hydrogen-bond acceptors (Lipinski definition) is 2. The Labute approximate surface area is 104 Å². The summed E-state index contributed by atoms with van der Waals surface area (Å²) in [6.45, 7) is 2.19. The molecule has 92 valence electrons. The van der Waals surface area contributed by atoms with Crippen molar-refractivity contribution in [1.82, 2.24) is 0 Å². The lowest BCUT2D eigenvalue weighted by Crippen LogP contribution is -1.93. The van der Waals surface area contributed by atoms with E-state index in [1.165, 1.54) is 19.3 Å². The summed E-state index contributed by atoms with van der Waals surface area (Å²) in [7, 11) is 0. The van der Waals surface area contributed by atoms with Gasteiger partial charge in [0.2, 0.25) is 0 Å². The van der Waals surface area contributed by atoms with E-state index in [1.54, 1.807) is 0 Å². The third-order valence-electron chi connectivity index (χ3n) is 2.68. The second-order valence-corrected chi connectivity index (χ2v) is 4.15. The van der Waals surface area contributed by atoms with Crippen LogP contribution in [0.4, 0.5) is 0 Å². The maximum Gasteiger partial charge on any atom is 0.0795 e. The van der Waals surface area contributed by atoms with Crippen LogP contribution in [0.25, 0.3) is 6.08 Å². The van der Waals surface area contributed by atoms with Crippen LogP contribution in [-0.2, 0) is 0 Å². The molecule has 0 aliphatic rings. The van der Waals surface area contributed by atoms with Crippen LogP contribution >= 0.6 is 0 Å². The van der Waals surface area contributed by atoms with E-state index < -0.39 is 0 Å². The molecule has 0 aliphatic carbocycles. The Morgan fingerprint density at radius 2 is 1.94 bits per heavy atom. The van der Waals surface area contributed by atoms with Crippen LogP contribution in [0.3, 0.4) is 0 Å². The molecule has 0 bridgehead atoms. The van der Waals surface area contributed by atoms with Crippen LogP contribution in [0.5, 0.6) is 0 Å². The number of hydrogen-bond donors (Lipinski definition) is 1. The van der Waals surface area contributed by atoms with Gasteiger partial charge in [-0.15, -0.1) is 0 Å². The normalized spacial score (nSPS) is 12.2. The fourth-order valence-electron chi connectivity index (χ4n) is 1.66. The quantitative estimate of drug-likeness (QED) is 0.318. The number of allylic oxidation sites excluding steroid dienone is 1. The molecule has 0 fully saturated rings. The largest absolute Gasteiger partial charge is 0.411 e. The molecule has 0 heterocycles. The molecule has 1 aromatic carbocycles. The SMILES string of the molecule is CCCCCCC(/C=C\c1ccccc1)=N\O. The second-order valence-electron chi connectivity index (χ2n) is 4.15. The van der Waals surface area contributed by atoms with Crippen LogP contribution in [0, 0.1) is 0 Å². The highest BCUT2D eigenvalue weighted by Crippen LogP contribution is 2.06. The van der Waals surface area contributed by atoms with Gasteiger partial charge in [-0.3, -0.25) is 0 Å². The van der Waals surface area contributed by atoms with Crippen molar-refractivity contribution in [1.29, 1.82) is 0 Å². The monoisotopic (exact) mass is 231 g/mol. The molecule has 1 N–H and O–H groups in total. The van der Waals surface area contributed by atoms with Crippen LogP contribution in [-0.4, -0.2) is 10.9 Å². The Hall–Kier alpha value is -1.57. The van der Waals surface area contributed by atoms with E-state index in [-0.39, 0.29) is 0 Å². The van der Waals surface area contributed by atoms with Crippen LogP contribution < -0.4 is 0 Å². The summed E-state index contributed by atoms with van der Waals surface area (Å²) in [5, 5.41) is 12.2. The maximum absolute atomic E-state index is 8.90. The van der Waals surface area contributed by atoms with Gasteiger partial charge in [-0.05, 0) is 24.5 Å². The van der Waals surface area contributed by atoms with E-state index in [0.717, 1.165) is 24.1 Å². The summed E-state index contributed by atoms with van der Waals surface area (Å²) in [5.74, 6) is 0. The van der Waals surface area contributed by atoms with Crippen molar-refractivity contribution in [3.8, 4) is 0 Å². The lowest BCUT2D eigenvalue weighted by atomic mass is 10.1. The van der Waals surface area contributed by atoms with Gasteiger partial charge in [-0.1, -0.05) is 67.7 Å². The minimum atomic E-state index is 0.755. The number of nitrogens with zero attached hydrogens (tertiary/aromatic N) is 1. The number of oxime groups is 1. The molecule has 2 heteroatoms. The molecule has 0 amide bonds. The van der Waals surface area contributed by atoms with Crippen molar-refractivity contribution in [2.75, 3.05) is 0 Å². The smallest absolute Gasteiger partial charge is 0.0795 e. The molecule has 1 rings (SSSR count). The molecule has 1 aromatic rings.